The lowest BCUT2D eigenvalue weighted by Gasteiger charge is -2.43. The van der Waals surface area contributed by atoms with Gasteiger partial charge in [0.15, 0.2) is 0 Å². The summed E-state index contributed by atoms with van der Waals surface area (Å²) >= 11 is 0. The molecule has 1 aliphatic rings. The Kier molecular flexibility index (Phi) is 6.26. The number of halogens is 1. The number of para-hydroxylation sites is 3. The van der Waals surface area contributed by atoms with Gasteiger partial charge >= 0.3 is 0 Å². The minimum Gasteiger partial charge on any atom is -0.309 e. The third-order valence-electron chi connectivity index (χ3n) is 4.70. The first kappa shape index (κ1) is 19.9. The molecular formula is C20H28FN3O2S. The normalized spacial score (nSPS) is 16.7. The van der Waals surface area contributed by atoms with E-state index >= 15 is 0 Å². The first-order chi connectivity index (χ1) is 12.9. The summed E-state index contributed by atoms with van der Waals surface area (Å²) in [5.74, 6) is -0.474. The SMILES string of the molecule is CN(C)CCCCCCN1c2ccccc2N(c2ccccc2F)S1(O)O. The Labute approximate surface area is 162 Å². The van der Waals surface area contributed by atoms with Crippen LogP contribution in [-0.2, 0) is 0 Å². The highest BCUT2D eigenvalue weighted by atomic mass is 32.3. The van der Waals surface area contributed by atoms with Gasteiger partial charge in [-0.05, 0) is 68.7 Å². The molecular weight excluding hydrogens is 365 g/mol. The molecule has 0 saturated heterocycles. The molecule has 148 valence electrons. The zero-order valence-corrected chi connectivity index (χ0v) is 16.7. The predicted molar refractivity (Wildman–Crippen MR) is 112 cm³/mol. The van der Waals surface area contributed by atoms with Gasteiger partial charge in [-0.25, -0.2) is 8.70 Å². The lowest BCUT2D eigenvalue weighted by molar-refractivity contribution is 0.390. The maximum absolute atomic E-state index is 14.4. The fourth-order valence-corrected chi connectivity index (χ4v) is 5.19. The Balaban J connectivity index is 1.77. The van der Waals surface area contributed by atoms with Crippen LogP contribution in [0.5, 0.6) is 0 Å². The largest absolute Gasteiger partial charge is 0.309 e. The molecule has 0 aliphatic carbocycles. The molecule has 0 unspecified atom stereocenters. The number of nitrogens with zero attached hydrogens (tertiary/aromatic N) is 3. The predicted octanol–water partition coefficient (Wildman–Crippen LogP) is 5.49. The van der Waals surface area contributed by atoms with Crippen LogP contribution in [0.15, 0.2) is 48.5 Å². The molecule has 27 heavy (non-hydrogen) atoms. The molecule has 2 aromatic rings. The zero-order chi connectivity index (χ0) is 19.4. The minimum absolute atomic E-state index is 0.179. The van der Waals surface area contributed by atoms with Gasteiger partial charge in [0.05, 0.1) is 11.4 Å². The van der Waals surface area contributed by atoms with E-state index in [0.29, 0.717) is 12.2 Å². The average Bonchev–Trinajstić information content (AvgIpc) is 2.85. The molecule has 5 nitrogen and oxygen atoms in total. The summed E-state index contributed by atoms with van der Waals surface area (Å²) in [5, 5.41) is 0. The van der Waals surface area contributed by atoms with Crippen LogP contribution in [0.1, 0.15) is 25.7 Å². The van der Waals surface area contributed by atoms with Gasteiger partial charge in [0, 0.05) is 6.54 Å². The van der Waals surface area contributed by atoms with Gasteiger partial charge in [-0.1, -0.05) is 37.1 Å². The molecule has 2 aromatic carbocycles. The fourth-order valence-electron chi connectivity index (χ4n) is 3.37. The van der Waals surface area contributed by atoms with Gasteiger partial charge < -0.3 is 4.90 Å². The van der Waals surface area contributed by atoms with Crippen LogP contribution in [0.2, 0.25) is 0 Å². The van der Waals surface area contributed by atoms with E-state index in [1.807, 2.05) is 18.2 Å². The first-order valence-electron chi connectivity index (χ1n) is 9.27. The van der Waals surface area contributed by atoms with Gasteiger partial charge in [-0.15, -0.1) is 0 Å². The molecule has 1 aliphatic heterocycles. The Morgan fingerprint density at radius 2 is 1.44 bits per heavy atom. The summed E-state index contributed by atoms with van der Waals surface area (Å²) in [6.07, 6.45) is 4.09. The monoisotopic (exact) mass is 393 g/mol. The van der Waals surface area contributed by atoms with Gasteiger partial charge in [0.2, 0.25) is 0 Å². The highest BCUT2D eigenvalue weighted by Crippen LogP contribution is 2.64. The molecule has 0 amide bonds. The average molecular weight is 394 g/mol. The number of hydrogen-bond donors (Lipinski definition) is 2. The van der Waals surface area contributed by atoms with Crippen molar-refractivity contribution in [2.24, 2.45) is 0 Å². The molecule has 0 atom stereocenters. The van der Waals surface area contributed by atoms with Crippen LogP contribution in [0.25, 0.3) is 0 Å². The molecule has 0 saturated carbocycles. The standard InChI is InChI=1S/C20H28FN3O2S/c1-22(2)15-9-3-4-10-16-23-19-13-7-8-14-20(19)24(27(23,25)26)18-12-6-5-11-17(18)21/h5-8,11-14,25-26H,3-4,9-10,15-16H2,1-2H3. The minimum atomic E-state index is -3.35. The summed E-state index contributed by atoms with van der Waals surface area (Å²) in [6, 6.07) is 13.5. The van der Waals surface area contributed by atoms with E-state index in [1.54, 1.807) is 28.6 Å². The molecule has 7 heteroatoms. The molecule has 0 bridgehead atoms. The zero-order valence-electron chi connectivity index (χ0n) is 15.9. The van der Waals surface area contributed by atoms with E-state index in [0.717, 1.165) is 37.9 Å². The van der Waals surface area contributed by atoms with Crippen LogP contribution in [0.3, 0.4) is 0 Å². The van der Waals surface area contributed by atoms with Crippen LogP contribution >= 0.6 is 11.0 Å². The van der Waals surface area contributed by atoms with E-state index in [9.17, 15) is 13.5 Å². The quantitative estimate of drug-likeness (QED) is 0.581. The van der Waals surface area contributed by atoms with Crippen molar-refractivity contribution in [1.82, 2.24) is 4.90 Å². The molecule has 0 fully saturated rings. The second-order valence-electron chi connectivity index (χ2n) is 7.04. The maximum Gasteiger partial charge on any atom is 0.148 e. The lowest BCUT2D eigenvalue weighted by atomic mass is 10.2. The van der Waals surface area contributed by atoms with Crippen molar-refractivity contribution < 1.29 is 13.5 Å². The van der Waals surface area contributed by atoms with E-state index in [1.165, 1.54) is 10.4 Å². The second-order valence-corrected chi connectivity index (χ2v) is 8.83. The van der Waals surface area contributed by atoms with Crippen molar-refractivity contribution in [3.05, 3.63) is 54.3 Å². The van der Waals surface area contributed by atoms with Crippen molar-refractivity contribution in [3.63, 3.8) is 0 Å². The molecule has 2 N–H and O–H groups in total. The number of fused-ring (bicyclic) bond motifs is 1. The lowest BCUT2D eigenvalue weighted by Crippen LogP contribution is -2.32. The van der Waals surface area contributed by atoms with Crippen LogP contribution in [0, 0.1) is 5.82 Å². The highest BCUT2D eigenvalue weighted by molar-refractivity contribution is 8.27. The van der Waals surface area contributed by atoms with Crippen molar-refractivity contribution in [3.8, 4) is 0 Å². The Bertz CT molecular complexity index is 772. The van der Waals surface area contributed by atoms with Crippen molar-refractivity contribution in [2.45, 2.75) is 25.7 Å². The van der Waals surface area contributed by atoms with Crippen LogP contribution in [-0.4, -0.2) is 41.2 Å². The van der Waals surface area contributed by atoms with Crippen molar-refractivity contribution in [2.75, 3.05) is 35.8 Å². The van der Waals surface area contributed by atoms with E-state index in [4.69, 9.17) is 0 Å². The third-order valence-corrected chi connectivity index (χ3v) is 6.55. The Morgan fingerprint density at radius 1 is 0.852 bits per heavy atom. The van der Waals surface area contributed by atoms with Gasteiger partial charge in [0.25, 0.3) is 0 Å². The van der Waals surface area contributed by atoms with Gasteiger partial charge in [-0.3, -0.25) is 13.4 Å². The highest BCUT2D eigenvalue weighted by Gasteiger charge is 2.42. The first-order valence-corrected chi connectivity index (χ1v) is 10.7. The summed E-state index contributed by atoms with van der Waals surface area (Å²) in [4.78, 5) is 2.17. The molecule has 3 rings (SSSR count). The summed E-state index contributed by atoms with van der Waals surface area (Å²) in [6.45, 7) is 1.58. The smallest absolute Gasteiger partial charge is 0.148 e. The van der Waals surface area contributed by atoms with Gasteiger partial charge in [0.1, 0.15) is 11.5 Å². The number of rotatable bonds is 8. The van der Waals surface area contributed by atoms with E-state index in [-0.39, 0.29) is 5.69 Å². The fraction of sp³-hybridized carbons (Fsp3) is 0.400. The third kappa shape index (κ3) is 4.21. The molecule has 0 spiro atoms. The Morgan fingerprint density at radius 3 is 2.11 bits per heavy atom. The van der Waals surface area contributed by atoms with Crippen LogP contribution in [0.4, 0.5) is 21.5 Å². The number of hydrogen-bond acceptors (Lipinski definition) is 5. The topological polar surface area (TPSA) is 50.2 Å². The Hall–Kier alpha value is -1.80. The van der Waals surface area contributed by atoms with Crippen molar-refractivity contribution in [1.29, 1.82) is 0 Å². The van der Waals surface area contributed by atoms with E-state index < -0.39 is 16.8 Å². The molecule has 0 aromatic heterocycles. The van der Waals surface area contributed by atoms with Crippen molar-refractivity contribution >= 4 is 28.0 Å². The van der Waals surface area contributed by atoms with Gasteiger partial charge in [-0.2, -0.15) is 0 Å². The van der Waals surface area contributed by atoms with Crippen LogP contribution < -0.4 is 8.61 Å². The number of anilines is 3. The molecule has 1 heterocycles. The summed E-state index contributed by atoms with van der Waals surface area (Å²) in [5.41, 5.74) is 1.53. The summed E-state index contributed by atoms with van der Waals surface area (Å²) in [7, 11) is 0.776. The molecule has 0 radical (unpaired) electrons. The maximum atomic E-state index is 14.4. The number of unbranched alkanes of at least 4 members (excludes halogenated alkanes) is 3. The van der Waals surface area contributed by atoms with E-state index in [2.05, 4.69) is 19.0 Å². The summed E-state index contributed by atoms with van der Waals surface area (Å²) < 4.78 is 39.4. The number of benzene rings is 2. The second kappa shape index (κ2) is 8.48.